The summed E-state index contributed by atoms with van der Waals surface area (Å²) in [6, 6.07) is -0.405. The molecule has 0 spiro atoms. The predicted molar refractivity (Wildman–Crippen MR) is 56.1 cm³/mol. The van der Waals surface area contributed by atoms with Crippen LogP contribution in [-0.2, 0) is 14.4 Å². The van der Waals surface area contributed by atoms with Crippen LogP contribution < -0.4 is 0 Å². The van der Waals surface area contributed by atoms with Gasteiger partial charge in [0.2, 0.25) is 5.91 Å². The first kappa shape index (κ1) is 11.6. The average Bonchev–Trinajstić information content (AvgIpc) is 2.45. The zero-order chi connectivity index (χ0) is 12.7. The Morgan fingerprint density at radius 1 is 1.47 bits per heavy atom. The van der Waals surface area contributed by atoms with Gasteiger partial charge in [0.05, 0.1) is 11.8 Å². The molecule has 1 aliphatic carbocycles. The first-order valence-electron chi connectivity index (χ1n) is 5.45. The van der Waals surface area contributed by atoms with E-state index in [1.165, 1.54) is 11.0 Å². The van der Waals surface area contributed by atoms with E-state index in [4.69, 9.17) is 10.2 Å². The summed E-state index contributed by atoms with van der Waals surface area (Å²) >= 11 is 0. The van der Waals surface area contributed by atoms with E-state index >= 15 is 0 Å². The van der Waals surface area contributed by atoms with Crippen molar-refractivity contribution in [1.82, 2.24) is 4.90 Å². The van der Waals surface area contributed by atoms with Crippen molar-refractivity contribution in [3.8, 4) is 0 Å². The first-order valence-corrected chi connectivity index (χ1v) is 5.45. The van der Waals surface area contributed by atoms with Crippen LogP contribution in [0.5, 0.6) is 0 Å². The van der Waals surface area contributed by atoms with E-state index in [0.29, 0.717) is 13.0 Å². The van der Waals surface area contributed by atoms with Gasteiger partial charge in [0.1, 0.15) is 0 Å². The van der Waals surface area contributed by atoms with Gasteiger partial charge in [-0.3, -0.25) is 9.59 Å². The third-order valence-electron chi connectivity index (χ3n) is 3.51. The zero-order valence-electron chi connectivity index (χ0n) is 9.29. The normalized spacial score (nSPS) is 31.4. The monoisotopic (exact) mass is 239 g/mol. The van der Waals surface area contributed by atoms with Gasteiger partial charge in [0.25, 0.3) is 0 Å². The molecule has 17 heavy (non-hydrogen) atoms. The topological polar surface area (TPSA) is 94.9 Å². The lowest BCUT2D eigenvalue weighted by Crippen LogP contribution is -2.38. The van der Waals surface area contributed by atoms with Gasteiger partial charge in [-0.05, 0) is 13.3 Å². The number of carboxylic acids is 2. The second kappa shape index (κ2) is 3.87. The van der Waals surface area contributed by atoms with Crippen molar-refractivity contribution in [2.24, 2.45) is 11.8 Å². The maximum atomic E-state index is 12.0. The number of carboxylic acid groups (broad SMARTS) is 2. The summed E-state index contributed by atoms with van der Waals surface area (Å²) in [5.74, 6) is -4.64. The fraction of sp³-hybridized carbons (Fsp3) is 0.545. The highest BCUT2D eigenvalue weighted by Crippen LogP contribution is 2.41. The van der Waals surface area contributed by atoms with E-state index < -0.39 is 29.8 Å². The Labute approximate surface area is 97.5 Å². The molecule has 1 saturated heterocycles. The summed E-state index contributed by atoms with van der Waals surface area (Å²) in [5.41, 5.74) is -0.0744. The third kappa shape index (κ3) is 1.51. The van der Waals surface area contributed by atoms with Crippen molar-refractivity contribution in [2.75, 3.05) is 6.54 Å². The second-order valence-corrected chi connectivity index (χ2v) is 4.23. The molecule has 1 fully saturated rings. The molecule has 2 bridgehead atoms. The fourth-order valence-corrected chi connectivity index (χ4v) is 2.80. The van der Waals surface area contributed by atoms with Crippen molar-refractivity contribution in [3.05, 3.63) is 11.6 Å². The minimum Gasteiger partial charge on any atom is -0.481 e. The number of likely N-dealkylation sites (tertiary alicyclic amines) is 1. The van der Waals surface area contributed by atoms with E-state index in [0.717, 1.165) is 0 Å². The number of carbonyl (C=O) groups excluding carboxylic acids is 1. The number of amides is 1. The molecule has 0 aromatic carbocycles. The van der Waals surface area contributed by atoms with E-state index in [2.05, 4.69) is 0 Å². The van der Waals surface area contributed by atoms with Gasteiger partial charge in [-0.15, -0.1) is 0 Å². The summed E-state index contributed by atoms with van der Waals surface area (Å²) in [6.07, 6.45) is 1.78. The Kier molecular flexibility index (Phi) is 2.65. The highest BCUT2D eigenvalue weighted by molar-refractivity contribution is 6.01. The van der Waals surface area contributed by atoms with Gasteiger partial charge in [-0.25, -0.2) is 4.79 Å². The smallest absolute Gasteiger partial charge is 0.332 e. The zero-order valence-corrected chi connectivity index (χ0v) is 9.29. The van der Waals surface area contributed by atoms with Crippen LogP contribution in [-0.4, -0.2) is 45.5 Å². The molecule has 2 rings (SSSR count). The van der Waals surface area contributed by atoms with Gasteiger partial charge >= 0.3 is 11.9 Å². The molecule has 3 unspecified atom stereocenters. The Morgan fingerprint density at radius 3 is 2.59 bits per heavy atom. The molecular weight excluding hydrogens is 226 g/mol. The van der Waals surface area contributed by atoms with Crippen molar-refractivity contribution >= 4 is 17.8 Å². The lowest BCUT2D eigenvalue weighted by atomic mass is 9.79. The minimum absolute atomic E-state index is 0.0744. The lowest BCUT2D eigenvalue weighted by molar-refractivity contribution is -0.145. The number of rotatable bonds is 3. The first-order chi connectivity index (χ1) is 7.99. The van der Waals surface area contributed by atoms with Crippen LogP contribution in [0.3, 0.4) is 0 Å². The van der Waals surface area contributed by atoms with Crippen LogP contribution in [0.2, 0.25) is 0 Å². The molecule has 0 aromatic rings. The van der Waals surface area contributed by atoms with E-state index in [1.807, 2.05) is 0 Å². The van der Waals surface area contributed by atoms with E-state index in [-0.39, 0.29) is 11.5 Å². The molecule has 0 aromatic heterocycles. The van der Waals surface area contributed by atoms with E-state index in [9.17, 15) is 14.4 Å². The number of aliphatic carboxylic acids is 2. The standard InChI is InChI=1S/C11H13NO5/c1-2-12-6-4-3-5(10(14)15)7(9(12)13)8(6)11(16)17/h3,6-8H,2,4H2,1H3,(H,14,15)(H,16,17). The molecule has 2 N–H and O–H groups in total. The Bertz CT molecular complexity index is 428. The van der Waals surface area contributed by atoms with Crippen LogP contribution in [0.4, 0.5) is 0 Å². The van der Waals surface area contributed by atoms with Crippen LogP contribution in [0.25, 0.3) is 0 Å². The molecule has 1 aliphatic heterocycles. The molecular formula is C11H13NO5. The molecule has 6 heteroatoms. The number of hydrogen-bond donors (Lipinski definition) is 2. The molecule has 6 nitrogen and oxygen atoms in total. The number of carbonyl (C=O) groups is 3. The molecule has 92 valence electrons. The minimum atomic E-state index is -1.20. The number of nitrogens with zero attached hydrogens (tertiary/aromatic N) is 1. The number of fused-ring (bicyclic) bond motifs is 2. The fourth-order valence-electron chi connectivity index (χ4n) is 2.80. The van der Waals surface area contributed by atoms with Gasteiger partial charge in [-0.1, -0.05) is 6.08 Å². The van der Waals surface area contributed by atoms with Crippen LogP contribution >= 0.6 is 0 Å². The molecule has 3 atom stereocenters. The van der Waals surface area contributed by atoms with Crippen molar-refractivity contribution in [3.63, 3.8) is 0 Å². The summed E-state index contributed by atoms with van der Waals surface area (Å²) in [5, 5.41) is 18.2. The van der Waals surface area contributed by atoms with Gasteiger partial charge in [0, 0.05) is 18.2 Å². The second-order valence-electron chi connectivity index (χ2n) is 4.23. The Morgan fingerprint density at radius 2 is 2.12 bits per heavy atom. The van der Waals surface area contributed by atoms with Gasteiger partial charge < -0.3 is 15.1 Å². The third-order valence-corrected chi connectivity index (χ3v) is 3.51. The van der Waals surface area contributed by atoms with E-state index in [1.54, 1.807) is 6.92 Å². The highest BCUT2D eigenvalue weighted by atomic mass is 16.4. The summed E-state index contributed by atoms with van der Waals surface area (Å²) in [4.78, 5) is 35.7. The molecule has 1 heterocycles. The summed E-state index contributed by atoms with van der Waals surface area (Å²) < 4.78 is 0. The maximum Gasteiger partial charge on any atom is 0.332 e. The molecule has 0 saturated carbocycles. The van der Waals surface area contributed by atoms with Crippen LogP contribution in [0.1, 0.15) is 13.3 Å². The Hall–Kier alpha value is -1.85. The van der Waals surface area contributed by atoms with Crippen molar-refractivity contribution in [2.45, 2.75) is 19.4 Å². The Balaban J connectivity index is 2.46. The van der Waals surface area contributed by atoms with Gasteiger partial charge in [-0.2, -0.15) is 0 Å². The number of hydrogen-bond acceptors (Lipinski definition) is 3. The van der Waals surface area contributed by atoms with Gasteiger partial charge in [0.15, 0.2) is 0 Å². The van der Waals surface area contributed by atoms with Crippen molar-refractivity contribution < 1.29 is 24.6 Å². The molecule has 2 aliphatic rings. The maximum absolute atomic E-state index is 12.0. The summed E-state index contributed by atoms with van der Waals surface area (Å²) in [7, 11) is 0. The predicted octanol–water partition coefficient (Wildman–Crippen LogP) is -0.0512. The molecule has 1 amide bonds. The SMILES string of the molecule is CCN1C(=O)C2C(C(=O)O)=CCC1C2C(=O)O. The summed E-state index contributed by atoms with van der Waals surface area (Å²) in [6.45, 7) is 2.17. The molecule has 0 radical (unpaired) electrons. The van der Waals surface area contributed by atoms with Crippen LogP contribution in [0, 0.1) is 11.8 Å². The quantitative estimate of drug-likeness (QED) is 0.720. The lowest BCUT2D eigenvalue weighted by Gasteiger charge is -2.26. The van der Waals surface area contributed by atoms with Crippen molar-refractivity contribution in [1.29, 1.82) is 0 Å². The highest BCUT2D eigenvalue weighted by Gasteiger charge is 2.55. The largest absolute Gasteiger partial charge is 0.481 e. The average molecular weight is 239 g/mol. The van der Waals surface area contributed by atoms with Crippen LogP contribution in [0.15, 0.2) is 11.6 Å².